The van der Waals surface area contributed by atoms with Gasteiger partial charge < -0.3 is 15.0 Å². The molecular weight excluding hydrogens is 264 g/mol. The number of ether oxygens (including phenoxy) is 1. The average Bonchev–Trinajstić information content (AvgIpc) is 2.96. The number of H-pyrrole nitrogens is 1. The van der Waals surface area contributed by atoms with Crippen LogP contribution in [0.25, 0.3) is 10.9 Å². The number of hydrogen-bond donors (Lipinski definition) is 2. The van der Waals surface area contributed by atoms with Gasteiger partial charge in [-0.3, -0.25) is 4.79 Å². The van der Waals surface area contributed by atoms with E-state index in [4.69, 9.17) is 4.74 Å². The Bertz CT molecular complexity index is 700. The van der Waals surface area contributed by atoms with E-state index in [1.54, 1.807) is 7.11 Å². The van der Waals surface area contributed by atoms with Gasteiger partial charge in [-0.2, -0.15) is 0 Å². The Kier molecular flexibility index (Phi) is 3.80. The molecule has 2 N–H and O–H groups in total. The summed E-state index contributed by atoms with van der Waals surface area (Å²) in [7, 11) is 1.65. The van der Waals surface area contributed by atoms with E-state index in [1.165, 1.54) is 5.57 Å². The number of carbonyl (C=O) groups excluding carboxylic acids is 1. The monoisotopic (exact) mass is 284 g/mol. The number of methoxy groups -OCH3 is 1. The first kappa shape index (κ1) is 13.9. The molecule has 4 heteroatoms. The Morgan fingerprint density at radius 1 is 1.38 bits per heavy atom. The van der Waals surface area contributed by atoms with Gasteiger partial charge in [0, 0.05) is 23.4 Å². The molecule has 2 heterocycles. The third-order valence-corrected chi connectivity index (χ3v) is 4.17. The number of Topliss-reactive ketones (excluding diaryl/α,β-unsaturated/α-hetero) is 1. The second-order valence-corrected chi connectivity index (χ2v) is 5.38. The van der Waals surface area contributed by atoms with E-state index < -0.39 is 0 Å². The summed E-state index contributed by atoms with van der Waals surface area (Å²) in [5, 5.41) is 4.32. The zero-order chi connectivity index (χ0) is 14.8. The zero-order valence-electron chi connectivity index (χ0n) is 12.4. The van der Waals surface area contributed by atoms with Gasteiger partial charge >= 0.3 is 0 Å². The van der Waals surface area contributed by atoms with Crippen LogP contribution in [-0.4, -0.2) is 31.0 Å². The number of hydrogen-bond acceptors (Lipinski definition) is 3. The molecule has 110 valence electrons. The highest BCUT2D eigenvalue weighted by Gasteiger charge is 2.27. The lowest BCUT2D eigenvalue weighted by atomic mass is 9.87. The summed E-state index contributed by atoms with van der Waals surface area (Å²) >= 11 is 0. The summed E-state index contributed by atoms with van der Waals surface area (Å²) in [5.41, 5.74) is 2.84. The molecule has 1 aliphatic rings. The molecule has 0 radical (unpaired) electrons. The fourth-order valence-electron chi connectivity index (χ4n) is 2.95. The number of allylic oxidation sites excluding steroid dienone is 1. The van der Waals surface area contributed by atoms with E-state index in [0.29, 0.717) is 5.69 Å². The van der Waals surface area contributed by atoms with Gasteiger partial charge in [-0.25, -0.2) is 0 Å². The van der Waals surface area contributed by atoms with Crippen molar-refractivity contribution in [1.82, 2.24) is 10.3 Å². The zero-order valence-corrected chi connectivity index (χ0v) is 12.4. The first-order valence-corrected chi connectivity index (χ1v) is 7.29. The molecule has 0 unspecified atom stereocenters. The number of aromatic nitrogens is 1. The van der Waals surface area contributed by atoms with Crippen molar-refractivity contribution in [1.29, 1.82) is 0 Å². The molecule has 0 bridgehead atoms. The first-order chi connectivity index (χ1) is 10.2. The van der Waals surface area contributed by atoms with Crippen LogP contribution in [0, 0.1) is 5.92 Å². The second kappa shape index (κ2) is 5.74. The number of ketones is 1. The van der Waals surface area contributed by atoms with Crippen LogP contribution in [-0.2, 0) is 0 Å². The molecule has 0 spiro atoms. The molecule has 0 amide bonds. The number of nitrogens with one attached hydrogen (secondary N) is 2. The van der Waals surface area contributed by atoms with Gasteiger partial charge in [0.15, 0.2) is 5.78 Å². The van der Waals surface area contributed by atoms with Gasteiger partial charge in [-0.05, 0) is 49.7 Å². The smallest absolute Gasteiger partial charge is 0.186 e. The van der Waals surface area contributed by atoms with Crippen molar-refractivity contribution in [3.63, 3.8) is 0 Å². The standard InChI is InChI=1S/C17H20N2O2/c1-3-11-10-18-7-6-14(11)17(20)16-9-12-8-13(21-2)4-5-15(12)19-16/h3-5,8-9,14,18-19H,6-7,10H2,1-2H3/b11-3-/t14-/m1/s1. The van der Waals surface area contributed by atoms with E-state index in [0.717, 1.165) is 36.2 Å². The predicted molar refractivity (Wildman–Crippen MR) is 83.9 cm³/mol. The molecule has 1 fully saturated rings. The predicted octanol–water partition coefficient (Wildman–Crippen LogP) is 2.92. The number of carbonyl (C=O) groups is 1. The van der Waals surface area contributed by atoms with Gasteiger partial charge in [0.2, 0.25) is 0 Å². The topological polar surface area (TPSA) is 54.1 Å². The molecule has 1 aliphatic heterocycles. The fraction of sp³-hybridized carbons (Fsp3) is 0.353. The number of fused-ring (bicyclic) bond motifs is 1. The van der Waals surface area contributed by atoms with Crippen LogP contribution in [0.15, 0.2) is 35.9 Å². The van der Waals surface area contributed by atoms with Gasteiger partial charge in [0.05, 0.1) is 12.8 Å². The molecular formula is C17H20N2O2. The highest BCUT2D eigenvalue weighted by atomic mass is 16.5. The number of aromatic amines is 1. The second-order valence-electron chi connectivity index (χ2n) is 5.38. The van der Waals surface area contributed by atoms with Gasteiger partial charge in [-0.15, -0.1) is 0 Å². The summed E-state index contributed by atoms with van der Waals surface area (Å²) in [5.74, 6) is 0.975. The number of benzene rings is 1. The summed E-state index contributed by atoms with van der Waals surface area (Å²) in [4.78, 5) is 16.0. The third kappa shape index (κ3) is 2.59. The summed E-state index contributed by atoms with van der Waals surface area (Å²) in [6.45, 7) is 3.70. The quantitative estimate of drug-likeness (QED) is 0.673. The molecule has 1 aromatic carbocycles. The largest absolute Gasteiger partial charge is 0.497 e. The normalized spacial score (nSPS) is 20.9. The Labute approximate surface area is 124 Å². The third-order valence-electron chi connectivity index (χ3n) is 4.17. The Morgan fingerprint density at radius 2 is 2.24 bits per heavy atom. The van der Waals surface area contributed by atoms with E-state index in [1.807, 2.05) is 31.2 Å². The van der Waals surface area contributed by atoms with E-state index >= 15 is 0 Å². The molecule has 1 atom stereocenters. The molecule has 21 heavy (non-hydrogen) atoms. The minimum absolute atomic E-state index is 0.00814. The van der Waals surface area contributed by atoms with Crippen LogP contribution in [0.3, 0.4) is 0 Å². The molecule has 3 rings (SSSR count). The molecule has 0 aliphatic carbocycles. The molecule has 1 aromatic heterocycles. The van der Waals surface area contributed by atoms with Crippen molar-refractivity contribution in [2.75, 3.05) is 20.2 Å². The maximum atomic E-state index is 12.8. The Hall–Kier alpha value is -2.07. The van der Waals surface area contributed by atoms with Crippen LogP contribution in [0.4, 0.5) is 0 Å². The molecule has 2 aromatic rings. The maximum absolute atomic E-state index is 12.8. The lowest BCUT2D eigenvalue weighted by Gasteiger charge is -2.24. The van der Waals surface area contributed by atoms with Crippen LogP contribution in [0.5, 0.6) is 5.75 Å². The highest BCUT2D eigenvalue weighted by Crippen LogP contribution is 2.26. The Morgan fingerprint density at radius 3 is 3.00 bits per heavy atom. The van der Waals surface area contributed by atoms with E-state index in [-0.39, 0.29) is 11.7 Å². The van der Waals surface area contributed by atoms with Crippen molar-refractivity contribution in [3.05, 3.63) is 41.6 Å². The van der Waals surface area contributed by atoms with Crippen molar-refractivity contribution < 1.29 is 9.53 Å². The van der Waals surface area contributed by atoms with Crippen LogP contribution in [0.2, 0.25) is 0 Å². The molecule has 0 saturated carbocycles. The summed E-state index contributed by atoms with van der Waals surface area (Å²) in [6.07, 6.45) is 2.91. The summed E-state index contributed by atoms with van der Waals surface area (Å²) < 4.78 is 5.23. The maximum Gasteiger partial charge on any atom is 0.186 e. The van der Waals surface area contributed by atoms with Crippen LogP contribution >= 0.6 is 0 Å². The van der Waals surface area contributed by atoms with Crippen molar-refractivity contribution in [3.8, 4) is 5.75 Å². The van der Waals surface area contributed by atoms with Crippen molar-refractivity contribution in [2.24, 2.45) is 5.92 Å². The minimum atomic E-state index is -0.00814. The van der Waals surface area contributed by atoms with Gasteiger partial charge in [0.1, 0.15) is 5.75 Å². The molecule has 1 saturated heterocycles. The SMILES string of the molecule is C/C=C1/CNCC[C@H]1C(=O)c1cc2cc(OC)ccc2[nH]1. The van der Waals surface area contributed by atoms with E-state index in [2.05, 4.69) is 16.4 Å². The van der Waals surface area contributed by atoms with Crippen LogP contribution < -0.4 is 10.1 Å². The summed E-state index contributed by atoms with van der Waals surface area (Å²) in [6, 6.07) is 7.72. The fourth-order valence-corrected chi connectivity index (χ4v) is 2.95. The number of piperidine rings is 1. The van der Waals surface area contributed by atoms with E-state index in [9.17, 15) is 4.79 Å². The van der Waals surface area contributed by atoms with Gasteiger partial charge in [0.25, 0.3) is 0 Å². The number of rotatable bonds is 3. The Balaban J connectivity index is 1.93. The lowest BCUT2D eigenvalue weighted by molar-refractivity contribution is 0.0922. The van der Waals surface area contributed by atoms with Crippen molar-refractivity contribution >= 4 is 16.7 Å². The highest BCUT2D eigenvalue weighted by molar-refractivity contribution is 6.02. The van der Waals surface area contributed by atoms with Gasteiger partial charge in [-0.1, -0.05) is 6.08 Å². The average molecular weight is 284 g/mol. The lowest BCUT2D eigenvalue weighted by Crippen LogP contribution is -2.34. The van der Waals surface area contributed by atoms with Crippen LogP contribution in [0.1, 0.15) is 23.8 Å². The molecule has 4 nitrogen and oxygen atoms in total. The van der Waals surface area contributed by atoms with Crippen molar-refractivity contribution in [2.45, 2.75) is 13.3 Å². The minimum Gasteiger partial charge on any atom is -0.497 e. The first-order valence-electron chi connectivity index (χ1n) is 7.29.